The molecule has 5 nitrogen and oxygen atoms in total. The van der Waals surface area contributed by atoms with Crippen molar-refractivity contribution >= 4 is 43.6 Å². The number of hydrogen-bond donors (Lipinski definition) is 0. The molecule has 7 aromatic rings. The average Bonchev–Trinajstić information content (AvgIpc) is 3.49. The van der Waals surface area contributed by atoms with E-state index in [0.717, 1.165) is 55.0 Å². The Kier molecular flexibility index (Phi) is 4.57. The first-order valence-electron chi connectivity index (χ1n) is 12.1. The topological polar surface area (TPSA) is 81.2 Å². The van der Waals surface area contributed by atoms with Crippen molar-refractivity contribution in [3.05, 3.63) is 120 Å². The Labute approximate surface area is 217 Å². The molecule has 0 saturated heterocycles. The molecule has 0 aliphatic carbocycles. The maximum Gasteiger partial charge on any atom is 0.101 e. The van der Waals surface area contributed by atoms with Crippen molar-refractivity contribution in [3.8, 4) is 29.6 Å². The molecule has 0 saturated carbocycles. The molecule has 0 aliphatic heterocycles. The second-order valence-corrected chi connectivity index (χ2v) is 9.15. The van der Waals surface area contributed by atoms with Crippen LogP contribution >= 0.6 is 0 Å². The summed E-state index contributed by atoms with van der Waals surface area (Å²) in [6.45, 7) is 0. The lowest BCUT2D eigenvalue weighted by Gasteiger charge is -2.13. The van der Waals surface area contributed by atoms with Gasteiger partial charge in [0.15, 0.2) is 0 Å². The summed E-state index contributed by atoms with van der Waals surface area (Å²) in [5.74, 6) is 0. The number of nitriles is 3. The fraction of sp³-hybridized carbons (Fsp3) is 0. The minimum atomic E-state index is 0.543. The van der Waals surface area contributed by atoms with Gasteiger partial charge in [-0.15, -0.1) is 0 Å². The van der Waals surface area contributed by atoms with Crippen LogP contribution in [0.5, 0.6) is 0 Å². The van der Waals surface area contributed by atoms with Crippen molar-refractivity contribution in [1.29, 1.82) is 15.8 Å². The van der Waals surface area contributed by atoms with Crippen molar-refractivity contribution in [3.63, 3.8) is 0 Å². The molecule has 0 radical (unpaired) electrons. The Morgan fingerprint density at radius 1 is 0.474 bits per heavy atom. The third-order valence-electron chi connectivity index (χ3n) is 7.22. The Bertz CT molecular complexity index is 2230. The molecular formula is C33H17N5. The predicted molar refractivity (Wildman–Crippen MR) is 149 cm³/mol. The van der Waals surface area contributed by atoms with E-state index in [1.807, 2.05) is 97.1 Å². The quantitative estimate of drug-likeness (QED) is 0.255. The first-order chi connectivity index (χ1) is 18.7. The second-order valence-electron chi connectivity index (χ2n) is 9.15. The molecule has 0 aliphatic rings. The zero-order chi connectivity index (χ0) is 25.8. The summed E-state index contributed by atoms with van der Waals surface area (Å²) in [6.07, 6.45) is 0. The summed E-state index contributed by atoms with van der Waals surface area (Å²) in [5.41, 5.74) is 7.01. The van der Waals surface area contributed by atoms with E-state index in [4.69, 9.17) is 0 Å². The number of nitrogens with zero attached hydrogens (tertiary/aromatic N) is 5. The molecule has 0 N–H and O–H groups in total. The molecule has 2 heterocycles. The fourth-order valence-electron chi connectivity index (χ4n) is 5.67. The molecule has 2 aromatic heterocycles. The van der Waals surface area contributed by atoms with Gasteiger partial charge in [-0.25, -0.2) is 0 Å². The third-order valence-corrected chi connectivity index (χ3v) is 7.22. The van der Waals surface area contributed by atoms with Crippen LogP contribution in [0.25, 0.3) is 55.0 Å². The van der Waals surface area contributed by atoms with Crippen LogP contribution in [0.3, 0.4) is 0 Å². The lowest BCUT2D eigenvalue weighted by Crippen LogP contribution is -2.00. The van der Waals surface area contributed by atoms with Crippen LogP contribution in [0.15, 0.2) is 103 Å². The maximum atomic E-state index is 10.3. The van der Waals surface area contributed by atoms with E-state index in [0.29, 0.717) is 16.7 Å². The summed E-state index contributed by atoms with van der Waals surface area (Å²) in [7, 11) is 0. The lowest BCUT2D eigenvalue weighted by atomic mass is 10.1. The molecule has 0 fully saturated rings. The monoisotopic (exact) mass is 483 g/mol. The molecule has 0 spiro atoms. The van der Waals surface area contributed by atoms with Crippen LogP contribution in [-0.2, 0) is 0 Å². The summed E-state index contributed by atoms with van der Waals surface area (Å²) in [5, 5.41) is 33.7. The number of fused-ring (bicyclic) bond motifs is 6. The van der Waals surface area contributed by atoms with Crippen LogP contribution in [0.4, 0.5) is 0 Å². The highest BCUT2D eigenvalue weighted by Crippen LogP contribution is 2.41. The van der Waals surface area contributed by atoms with Crippen molar-refractivity contribution < 1.29 is 0 Å². The first kappa shape index (κ1) is 21.5. The SMILES string of the molecule is N#Cc1ccc2c(c1)c1ccccc1n2-c1c(C#N)ccc2c1c1ccccc1n2-c1ccccc1C#N. The van der Waals surface area contributed by atoms with Gasteiger partial charge in [-0.05, 0) is 54.6 Å². The maximum absolute atomic E-state index is 10.3. The molecule has 0 unspecified atom stereocenters. The third kappa shape index (κ3) is 2.83. The van der Waals surface area contributed by atoms with Gasteiger partial charge < -0.3 is 9.13 Å². The van der Waals surface area contributed by atoms with Gasteiger partial charge in [0, 0.05) is 21.5 Å². The first-order valence-corrected chi connectivity index (χ1v) is 12.1. The van der Waals surface area contributed by atoms with Crippen LogP contribution in [0.1, 0.15) is 16.7 Å². The summed E-state index contributed by atoms with van der Waals surface area (Å²) in [4.78, 5) is 0. The molecule has 0 atom stereocenters. The average molecular weight is 484 g/mol. The normalized spacial score (nSPS) is 11.1. The highest BCUT2D eigenvalue weighted by Gasteiger charge is 2.23. The minimum absolute atomic E-state index is 0.543. The zero-order valence-electron chi connectivity index (χ0n) is 20.1. The van der Waals surface area contributed by atoms with Gasteiger partial charge in [-0.2, -0.15) is 15.8 Å². The Morgan fingerprint density at radius 2 is 1.11 bits per heavy atom. The standard InChI is InChI=1S/C33H17N5/c34-18-21-13-15-30-26(17-21)24-8-2-5-11-28(24)38(30)33-23(20-36)14-16-31-32(33)25-9-3-6-12-29(25)37(31)27-10-4-1-7-22(27)19-35/h1-17H. The van der Waals surface area contributed by atoms with E-state index in [9.17, 15) is 15.8 Å². The van der Waals surface area contributed by atoms with Crippen molar-refractivity contribution in [2.75, 3.05) is 0 Å². The van der Waals surface area contributed by atoms with Crippen molar-refractivity contribution in [1.82, 2.24) is 9.13 Å². The molecule has 38 heavy (non-hydrogen) atoms. The minimum Gasteiger partial charge on any atom is -0.308 e. The zero-order valence-corrected chi connectivity index (χ0v) is 20.1. The highest BCUT2D eigenvalue weighted by molar-refractivity contribution is 6.17. The summed E-state index contributed by atoms with van der Waals surface area (Å²) >= 11 is 0. The molecule has 5 aromatic carbocycles. The second kappa shape index (κ2) is 8.10. The number of rotatable bonds is 2. The van der Waals surface area contributed by atoms with Crippen LogP contribution in [0, 0.1) is 34.0 Å². The summed E-state index contributed by atoms with van der Waals surface area (Å²) < 4.78 is 4.25. The van der Waals surface area contributed by atoms with Gasteiger partial charge in [0.2, 0.25) is 0 Å². The van der Waals surface area contributed by atoms with Crippen LogP contribution < -0.4 is 0 Å². The molecule has 0 bridgehead atoms. The number of benzene rings is 5. The van der Waals surface area contributed by atoms with E-state index in [2.05, 4.69) is 33.4 Å². The Hall–Kier alpha value is -5.83. The number of aromatic nitrogens is 2. The Balaban J connectivity index is 1.73. The predicted octanol–water partition coefficient (Wildman–Crippen LogP) is 7.50. The highest BCUT2D eigenvalue weighted by atomic mass is 15.0. The number of para-hydroxylation sites is 3. The van der Waals surface area contributed by atoms with Gasteiger partial charge >= 0.3 is 0 Å². The number of hydrogen-bond acceptors (Lipinski definition) is 3. The fourth-order valence-corrected chi connectivity index (χ4v) is 5.67. The molecule has 174 valence electrons. The van der Waals surface area contributed by atoms with Gasteiger partial charge in [0.25, 0.3) is 0 Å². The van der Waals surface area contributed by atoms with E-state index < -0.39 is 0 Å². The van der Waals surface area contributed by atoms with Gasteiger partial charge in [0.1, 0.15) is 12.1 Å². The largest absolute Gasteiger partial charge is 0.308 e. The van der Waals surface area contributed by atoms with Gasteiger partial charge in [-0.3, -0.25) is 0 Å². The van der Waals surface area contributed by atoms with Crippen molar-refractivity contribution in [2.45, 2.75) is 0 Å². The van der Waals surface area contributed by atoms with E-state index >= 15 is 0 Å². The molecule has 7 rings (SSSR count). The van der Waals surface area contributed by atoms with Gasteiger partial charge in [-0.1, -0.05) is 48.5 Å². The van der Waals surface area contributed by atoms with Crippen LogP contribution in [-0.4, -0.2) is 9.13 Å². The van der Waals surface area contributed by atoms with E-state index in [1.54, 1.807) is 0 Å². The van der Waals surface area contributed by atoms with E-state index in [1.165, 1.54) is 0 Å². The molecule has 5 heteroatoms. The van der Waals surface area contributed by atoms with Crippen LogP contribution in [0.2, 0.25) is 0 Å². The van der Waals surface area contributed by atoms with Gasteiger partial charge in [0.05, 0.1) is 56.2 Å². The smallest absolute Gasteiger partial charge is 0.101 e. The Morgan fingerprint density at radius 3 is 1.87 bits per heavy atom. The molecule has 0 amide bonds. The van der Waals surface area contributed by atoms with E-state index in [-0.39, 0.29) is 0 Å². The lowest BCUT2D eigenvalue weighted by molar-refractivity contribution is 1.16. The summed E-state index contributed by atoms with van der Waals surface area (Å²) in [6, 6.07) is 40.2. The van der Waals surface area contributed by atoms with Crippen molar-refractivity contribution in [2.24, 2.45) is 0 Å². The molecular weight excluding hydrogens is 466 g/mol.